The first kappa shape index (κ1) is 19.6. The average molecular weight is 344 g/mol. The van der Waals surface area contributed by atoms with Gasteiger partial charge in [-0.3, -0.25) is 4.79 Å². The highest BCUT2D eigenvalue weighted by molar-refractivity contribution is 5.94. The van der Waals surface area contributed by atoms with Crippen LogP contribution in [0.4, 0.5) is 0 Å². The Morgan fingerprint density at radius 2 is 1.36 bits per heavy atom. The lowest BCUT2D eigenvalue weighted by molar-refractivity contribution is -0.0980. The van der Waals surface area contributed by atoms with E-state index in [2.05, 4.69) is 22.8 Å². The third kappa shape index (κ3) is 6.62. The SMILES string of the molecule is C=O.O=C(NC1CCCCC1)c1ccc(CNC2CCCCC2)cc1. The van der Waals surface area contributed by atoms with E-state index in [9.17, 15) is 4.79 Å². The van der Waals surface area contributed by atoms with Crippen LogP contribution in [0.15, 0.2) is 24.3 Å². The van der Waals surface area contributed by atoms with E-state index < -0.39 is 0 Å². The maximum absolute atomic E-state index is 12.3. The molecule has 25 heavy (non-hydrogen) atoms. The second-order valence-electron chi connectivity index (χ2n) is 7.22. The molecule has 0 saturated heterocycles. The summed E-state index contributed by atoms with van der Waals surface area (Å²) in [6.07, 6.45) is 12.8. The van der Waals surface area contributed by atoms with Crippen molar-refractivity contribution in [3.63, 3.8) is 0 Å². The van der Waals surface area contributed by atoms with Crippen molar-refractivity contribution in [3.05, 3.63) is 35.4 Å². The molecule has 4 nitrogen and oxygen atoms in total. The van der Waals surface area contributed by atoms with Gasteiger partial charge < -0.3 is 15.4 Å². The maximum Gasteiger partial charge on any atom is 0.251 e. The fourth-order valence-corrected chi connectivity index (χ4v) is 3.86. The van der Waals surface area contributed by atoms with E-state index in [-0.39, 0.29) is 5.91 Å². The standard InChI is InChI=1S/C20H30N2O.CH2O/c23-20(22-19-9-5-2-6-10-19)17-13-11-16(12-14-17)15-21-18-7-3-1-4-8-18;1-2/h11-14,18-19,21H,1-10,15H2,(H,22,23);1H2. The number of benzene rings is 1. The van der Waals surface area contributed by atoms with Crippen molar-refractivity contribution in [2.75, 3.05) is 0 Å². The van der Waals surface area contributed by atoms with Gasteiger partial charge in [-0.15, -0.1) is 0 Å². The Morgan fingerprint density at radius 1 is 0.840 bits per heavy atom. The Kier molecular flexibility index (Phi) is 8.67. The summed E-state index contributed by atoms with van der Waals surface area (Å²) in [6.45, 7) is 2.91. The highest BCUT2D eigenvalue weighted by atomic mass is 16.1. The first-order valence-corrected chi connectivity index (χ1v) is 9.73. The molecule has 0 heterocycles. The Morgan fingerprint density at radius 3 is 1.92 bits per heavy atom. The van der Waals surface area contributed by atoms with Crippen LogP contribution in [0.1, 0.15) is 80.1 Å². The van der Waals surface area contributed by atoms with Crippen LogP contribution >= 0.6 is 0 Å². The number of hydrogen-bond donors (Lipinski definition) is 2. The molecule has 0 spiro atoms. The van der Waals surface area contributed by atoms with Gasteiger partial charge in [-0.05, 0) is 43.4 Å². The summed E-state index contributed by atoms with van der Waals surface area (Å²) in [6, 6.07) is 9.17. The molecule has 0 atom stereocenters. The fraction of sp³-hybridized carbons (Fsp3) is 0.619. The van der Waals surface area contributed by atoms with Crippen LogP contribution < -0.4 is 10.6 Å². The Labute approximate surface area is 151 Å². The zero-order chi connectivity index (χ0) is 17.9. The van der Waals surface area contributed by atoms with Gasteiger partial charge in [0, 0.05) is 24.2 Å². The van der Waals surface area contributed by atoms with Gasteiger partial charge in [-0.2, -0.15) is 0 Å². The number of amides is 1. The number of hydrogen-bond acceptors (Lipinski definition) is 3. The minimum Gasteiger partial charge on any atom is -0.349 e. The average Bonchev–Trinajstić information content (AvgIpc) is 2.70. The molecule has 138 valence electrons. The molecule has 2 fully saturated rings. The van der Waals surface area contributed by atoms with Crippen molar-refractivity contribution < 1.29 is 9.59 Å². The summed E-state index contributed by atoms with van der Waals surface area (Å²) in [7, 11) is 0. The van der Waals surface area contributed by atoms with Gasteiger partial charge >= 0.3 is 0 Å². The van der Waals surface area contributed by atoms with Gasteiger partial charge in [0.15, 0.2) is 0 Å². The van der Waals surface area contributed by atoms with Gasteiger partial charge in [-0.1, -0.05) is 50.7 Å². The molecule has 2 saturated carbocycles. The Bertz CT molecular complexity index is 503. The predicted octanol–water partition coefficient (Wildman–Crippen LogP) is 3.99. The number of carbonyl (C=O) groups is 2. The Hall–Kier alpha value is -1.68. The quantitative estimate of drug-likeness (QED) is 0.849. The second-order valence-corrected chi connectivity index (χ2v) is 7.22. The van der Waals surface area contributed by atoms with Gasteiger partial charge in [-0.25, -0.2) is 0 Å². The lowest BCUT2D eigenvalue weighted by Crippen LogP contribution is -2.36. The topological polar surface area (TPSA) is 58.2 Å². The van der Waals surface area contributed by atoms with E-state index in [1.807, 2.05) is 18.9 Å². The van der Waals surface area contributed by atoms with E-state index in [1.165, 1.54) is 56.9 Å². The van der Waals surface area contributed by atoms with Crippen molar-refractivity contribution in [2.45, 2.75) is 82.8 Å². The van der Waals surface area contributed by atoms with Crippen LogP contribution in [0.2, 0.25) is 0 Å². The van der Waals surface area contributed by atoms with Gasteiger partial charge in [0.05, 0.1) is 0 Å². The van der Waals surface area contributed by atoms with Crippen LogP contribution in [0.3, 0.4) is 0 Å². The summed E-state index contributed by atoms with van der Waals surface area (Å²) in [5.41, 5.74) is 2.06. The first-order chi connectivity index (χ1) is 12.3. The van der Waals surface area contributed by atoms with Gasteiger partial charge in [0.25, 0.3) is 5.91 Å². The zero-order valence-corrected chi connectivity index (χ0v) is 15.3. The van der Waals surface area contributed by atoms with Crippen LogP contribution in [-0.2, 0) is 11.3 Å². The molecule has 1 aromatic carbocycles. The van der Waals surface area contributed by atoms with Crippen molar-refractivity contribution in [1.82, 2.24) is 10.6 Å². The highest BCUT2D eigenvalue weighted by Gasteiger charge is 2.16. The van der Waals surface area contributed by atoms with Crippen molar-refractivity contribution in [2.24, 2.45) is 0 Å². The van der Waals surface area contributed by atoms with Crippen LogP contribution in [0.5, 0.6) is 0 Å². The van der Waals surface area contributed by atoms with Crippen molar-refractivity contribution in [1.29, 1.82) is 0 Å². The summed E-state index contributed by atoms with van der Waals surface area (Å²) < 4.78 is 0. The minimum atomic E-state index is 0.0867. The number of carbonyl (C=O) groups excluding carboxylic acids is 2. The minimum absolute atomic E-state index is 0.0867. The third-order valence-electron chi connectivity index (χ3n) is 5.36. The van der Waals surface area contributed by atoms with Crippen LogP contribution in [0.25, 0.3) is 0 Å². The van der Waals surface area contributed by atoms with E-state index in [4.69, 9.17) is 4.79 Å². The van der Waals surface area contributed by atoms with E-state index in [0.29, 0.717) is 12.1 Å². The van der Waals surface area contributed by atoms with Gasteiger partial charge in [0.2, 0.25) is 0 Å². The molecule has 0 aliphatic heterocycles. The Balaban J connectivity index is 0.00000109. The summed E-state index contributed by atoms with van der Waals surface area (Å²) >= 11 is 0. The number of rotatable bonds is 5. The summed E-state index contributed by atoms with van der Waals surface area (Å²) in [4.78, 5) is 20.3. The smallest absolute Gasteiger partial charge is 0.251 e. The largest absolute Gasteiger partial charge is 0.349 e. The predicted molar refractivity (Wildman–Crippen MR) is 102 cm³/mol. The normalized spacial score (nSPS) is 18.9. The molecular weight excluding hydrogens is 312 g/mol. The van der Waals surface area contributed by atoms with E-state index in [1.54, 1.807) is 0 Å². The molecule has 0 bridgehead atoms. The lowest BCUT2D eigenvalue weighted by atomic mass is 9.95. The van der Waals surface area contributed by atoms with Gasteiger partial charge in [0.1, 0.15) is 6.79 Å². The summed E-state index contributed by atoms with van der Waals surface area (Å²) in [5, 5.41) is 6.84. The van der Waals surface area contributed by atoms with Crippen LogP contribution in [-0.4, -0.2) is 24.8 Å². The molecule has 3 rings (SSSR count). The molecule has 2 aliphatic carbocycles. The van der Waals surface area contributed by atoms with E-state index in [0.717, 1.165) is 24.9 Å². The lowest BCUT2D eigenvalue weighted by Gasteiger charge is -2.23. The maximum atomic E-state index is 12.3. The first-order valence-electron chi connectivity index (χ1n) is 9.73. The molecular formula is C21H32N2O2. The molecule has 2 aliphatic rings. The molecule has 0 aromatic heterocycles. The van der Waals surface area contributed by atoms with Crippen molar-refractivity contribution in [3.8, 4) is 0 Å². The molecule has 0 radical (unpaired) electrons. The molecule has 1 amide bonds. The summed E-state index contributed by atoms with van der Waals surface area (Å²) in [5.74, 6) is 0.0867. The van der Waals surface area contributed by atoms with Crippen LogP contribution in [0, 0.1) is 0 Å². The highest BCUT2D eigenvalue weighted by Crippen LogP contribution is 2.19. The van der Waals surface area contributed by atoms with Crippen molar-refractivity contribution >= 4 is 12.7 Å². The number of nitrogens with one attached hydrogen (secondary N) is 2. The molecule has 4 heteroatoms. The molecule has 2 N–H and O–H groups in total. The zero-order valence-electron chi connectivity index (χ0n) is 15.3. The molecule has 0 unspecified atom stereocenters. The second kappa shape index (κ2) is 11.0. The third-order valence-corrected chi connectivity index (χ3v) is 5.36. The van der Waals surface area contributed by atoms with E-state index >= 15 is 0 Å². The monoisotopic (exact) mass is 344 g/mol. The molecule has 1 aromatic rings. The fourth-order valence-electron chi connectivity index (χ4n) is 3.86.